The Morgan fingerprint density at radius 1 is 1.26 bits per heavy atom. The van der Waals surface area contributed by atoms with Crippen LogP contribution in [0, 0.1) is 0 Å². The topological polar surface area (TPSA) is 82.6 Å². The van der Waals surface area contributed by atoms with Crippen molar-refractivity contribution in [2.24, 2.45) is 0 Å². The molecule has 2 aliphatic heterocycles. The van der Waals surface area contributed by atoms with E-state index in [1.165, 1.54) is 4.90 Å². The molecule has 0 saturated carbocycles. The number of hydrogen-bond donors (Lipinski definition) is 1. The van der Waals surface area contributed by atoms with Gasteiger partial charge in [-0.3, -0.25) is 19.5 Å². The fourth-order valence-electron chi connectivity index (χ4n) is 2.27. The molecule has 3 heterocycles. The molecule has 7 heteroatoms. The summed E-state index contributed by atoms with van der Waals surface area (Å²) in [4.78, 5) is 41.7. The minimum Gasteiger partial charge on any atom is -0.334 e. The number of imide groups is 1. The minimum absolute atomic E-state index is 0.0492. The van der Waals surface area contributed by atoms with E-state index in [0.717, 1.165) is 0 Å². The van der Waals surface area contributed by atoms with Gasteiger partial charge in [0.1, 0.15) is 0 Å². The fourth-order valence-corrected chi connectivity index (χ4v) is 2.27. The molecule has 2 aliphatic rings. The Labute approximate surface area is 109 Å². The maximum absolute atomic E-state index is 12.0. The average Bonchev–Trinajstić information content (AvgIpc) is 2.70. The normalized spacial score (nSPS) is 19.4. The van der Waals surface area contributed by atoms with E-state index in [-0.39, 0.29) is 30.4 Å². The van der Waals surface area contributed by atoms with Gasteiger partial charge in [-0.2, -0.15) is 0 Å². The van der Waals surface area contributed by atoms with Crippen LogP contribution in [0.5, 0.6) is 0 Å². The molecule has 0 unspecified atom stereocenters. The van der Waals surface area contributed by atoms with Gasteiger partial charge in [0.25, 0.3) is 5.91 Å². The SMILES string of the molecule is O=C(c1ccncc1)N1CC(N2C(=O)CNC2=O)C1. The van der Waals surface area contributed by atoms with Crippen molar-refractivity contribution >= 4 is 17.8 Å². The van der Waals surface area contributed by atoms with Crippen LogP contribution in [0.2, 0.25) is 0 Å². The molecule has 0 radical (unpaired) electrons. The monoisotopic (exact) mass is 260 g/mol. The minimum atomic E-state index is -0.369. The molecule has 1 aromatic heterocycles. The molecule has 1 aromatic rings. The lowest BCUT2D eigenvalue weighted by Gasteiger charge is -2.42. The highest BCUT2D eigenvalue weighted by molar-refractivity contribution is 6.03. The number of carbonyl (C=O) groups excluding carboxylic acids is 3. The fraction of sp³-hybridized carbons (Fsp3) is 0.333. The maximum atomic E-state index is 12.0. The highest BCUT2D eigenvalue weighted by Gasteiger charge is 2.42. The molecule has 0 aromatic carbocycles. The quantitative estimate of drug-likeness (QED) is 0.724. The standard InChI is InChI=1S/C12H12N4O3/c17-10-5-14-12(19)16(10)9-6-15(7-9)11(18)8-1-3-13-4-2-8/h1-4,9H,5-7H2,(H,14,19). The molecule has 19 heavy (non-hydrogen) atoms. The van der Waals surface area contributed by atoms with Crippen molar-refractivity contribution in [3.8, 4) is 0 Å². The van der Waals surface area contributed by atoms with Crippen LogP contribution in [0.3, 0.4) is 0 Å². The Morgan fingerprint density at radius 3 is 2.53 bits per heavy atom. The van der Waals surface area contributed by atoms with Crippen LogP contribution >= 0.6 is 0 Å². The summed E-state index contributed by atoms with van der Waals surface area (Å²) < 4.78 is 0. The van der Waals surface area contributed by atoms with E-state index in [1.54, 1.807) is 29.4 Å². The number of aromatic nitrogens is 1. The van der Waals surface area contributed by atoms with Gasteiger partial charge in [-0.1, -0.05) is 0 Å². The summed E-state index contributed by atoms with van der Waals surface area (Å²) in [6, 6.07) is 2.71. The largest absolute Gasteiger partial charge is 0.334 e. The Balaban J connectivity index is 1.63. The van der Waals surface area contributed by atoms with Crippen molar-refractivity contribution in [2.75, 3.05) is 19.6 Å². The van der Waals surface area contributed by atoms with Gasteiger partial charge in [-0.25, -0.2) is 4.79 Å². The summed E-state index contributed by atoms with van der Waals surface area (Å²) in [6.07, 6.45) is 3.11. The molecule has 1 N–H and O–H groups in total. The number of hydrogen-bond acceptors (Lipinski definition) is 4. The predicted molar refractivity (Wildman–Crippen MR) is 64.2 cm³/mol. The van der Waals surface area contributed by atoms with E-state index >= 15 is 0 Å². The summed E-state index contributed by atoms with van der Waals surface area (Å²) in [6.45, 7) is 0.828. The lowest BCUT2D eigenvalue weighted by Crippen LogP contribution is -2.62. The highest BCUT2D eigenvalue weighted by atomic mass is 16.2. The third-order valence-electron chi connectivity index (χ3n) is 3.32. The number of pyridine rings is 1. The molecular weight excluding hydrogens is 248 g/mol. The molecule has 3 rings (SSSR count). The first kappa shape index (κ1) is 11.6. The zero-order chi connectivity index (χ0) is 13.4. The van der Waals surface area contributed by atoms with Crippen LogP contribution in [0.1, 0.15) is 10.4 Å². The van der Waals surface area contributed by atoms with E-state index in [4.69, 9.17) is 0 Å². The number of urea groups is 1. The van der Waals surface area contributed by atoms with E-state index in [0.29, 0.717) is 18.7 Å². The van der Waals surface area contributed by atoms with Gasteiger partial charge >= 0.3 is 6.03 Å². The van der Waals surface area contributed by atoms with Gasteiger partial charge in [-0.15, -0.1) is 0 Å². The molecule has 4 amide bonds. The van der Waals surface area contributed by atoms with Gasteiger partial charge in [0, 0.05) is 31.0 Å². The van der Waals surface area contributed by atoms with Crippen molar-refractivity contribution in [1.82, 2.24) is 20.1 Å². The average molecular weight is 260 g/mol. The molecule has 98 valence electrons. The highest BCUT2D eigenvalue weighted by Crippen LogP contribution is 2.19. The van der Waals surface area contributed by atoms with Crippen molar-refractivity contribution in [3.63, 3.8) is 0 Å². The van der Waals surface area contributed by atoms with E-state index in [2.05, 4.69) is 10.3 Å². The number of rotatable bonds is 2. The van der Waals surface area contributed by atoms with Crippen molar-refractivity contribution in [3.05, 3.63) is 30.1 Å². The molecule has 0 bridgehead atoms. The summed E-state index contributed by atoms with van der Waals surface area (Å²) in [7, 11) is 0. The zero-order valence-corrected chi connectivity index (χ0v) is 10.1. The van der Waals surface area contributed by atoms with Crippen LogP contribution in [0.25, 0.3) is 0 Å². The number of likely N-dealkylation sites (tertiary alicyclic amines) is 1. The van der Waals surface area contributed by atoms with Crippen LogP contribution in [0.15, 0.2) is 24.5 Å². The van der Waals surface area contributed by atoms with Gasteiger partial charge in [0.15, 0.2) is 0 Å². The Hall–Kier alpha value is -2.44. The Bertz CT molecular complexity index is 523. The lowest BCUT2D eigenvalue weighted by molar-refractivity contribution is -0.128. The smallest absolute Gasteiger partial charge is 0.324 e. The second kappa shape index (κ2) is 4.34. The van der Waals surface area contributed by atoms with Crippen molar-refractivity contribution in [2.45, 2.75) is 6.04 Å². The maximum Gasteiger partial charge on any atom is 0.324 e. The van der Waals surface area contributed by atoms with Gasteiger partial charge in [0.2, 0.25) is 5.91 Å². The Morgan fingerprint density at radius 2 is 1.95 bits per heavy atom. The molecule has 2 saturated heterocycles. The molecular formula is C12H12N4O3. The predicted octanol–water partition coefficient (Wildman–Crippen LogP) is -0.542. The number of nitrogens with one attached hydrogen (secondary N) is 1. The number of carbonyl (C=O) groups is 3. The molecule has 2 fully saturated rings. The lowest BCUT2D eigenvalue weighted by atomic mass is 10.1. The third kappa shape index (κ3) is 1.92. The molecule has 0 atom stereocenters. The van der Waals surface area contributed by atoms with Crippen LogP contribution in [-0.4, -0.2) is 58.3 Å². The van der Waals surface area contributed by atoms with E-state index in [1.807, 2.05) is 0 Å². The van der Waals surface area contributed by atoms with Crippen LogP contribution < -0.4 is 5.32 Å². The molecule has 0 aliphatic carbocycles. The summed E-state index contributed by atoms with van der Waals surface area (Å²) in [5.74, 6) is -0.336. The first-order valence-corrected chi connectivity index (χ1v) is 5.96. The first-order chi connectivity index (χ1) is 9.16. The van der Waals surface area contributed by atoms with Gasteiger partial charge < -0.3 is 10.2 Å². The van der Waals surface area contributed by atoms with Crippen molar-refractivity contribution in [1.29, 1.82) is 0 Å². The summed E-state index contributed by atoms with van der Waals surface area (Å²) in [5.41, 5.74) is 0.561. The second-order valence-electron chi connectivity index (χ2n) is 4.52. The molecule has 7 nitrogen and oxygen atoms in total. The summed E-state index contributed by atoms with van der Waals surface area (Å²) in [5, 5.41) is 2.47. The van der Waals surface area contributed by atoms with Crippen LogP contribution in [0.4, 0.5) is 4.79 Å². The third-order valence-corrected chi connectivity index (χ3v) is 3.32. The van der Waals surface area contributed by atoms with E-state index in [9.17, 15) is 14.4 Å². The first-order valence-electron chi connectivity index (χ1n) is 5.96. The molecule has 0 spiro atoms. The van der Waals surface area contributed by atoms with Crippen LogP contribution in [-0.2, 0) is 4.79 Å². The van der Waals surface area contributed by atoms with Gasteiger partial charge in [-0.05, 0) is 12.1 Å². The Kier molecular flexibility index (Phi) is 2.66. The van der Waals surface area contributed by atoms with Crippen molar-refractivity contribution < 1.29 is 14.4 Å². The van der Waals surface area contributed by atoms with Gasteiger partial charge in [0.05, 0.1) is 12.6 Å². The van der Waals surface area contributed by atoms with E-state index < -0.39 is 0 Å². The summed E-state index contributed by atoms with van der Waals surface area (Å²) >= 11 is 0. The number of amides is 4. The second-order valence-corrected chi connectivity index (χ2v) is 4.52. The number of nitrogens with zero attached hydrogens (tertiary/aromatic N) is 3. The zero-order valence-electron chi connectivity index (χ0n) is 10.1.